The van der Waals surface area contributed by atoms with Crippen molar-refractivity contribution in [3.63, 3.8) is 0 Å². The van der Waals surface area contributed by atoms with Gasteiger partial charge in [-0.25, -0.2) is 13.1 Å². The Morgan fingerprint density at radius 2 is 1.85 bits per heavy atom. The number of hydrogen-bond donors (Lipinski definition) is 2. The Balaban J connectivity index is 2.22. The highest BCUT2D eigenvalue weighted by atomic mass is 32.2. The fraction of sp³-hybridized carbons (Fsp3) is 0.571. The summed E-state index contributed by atoms with van der Waals surface area (Å²) in [6.45, 7) is 6.51. The van der Waals surface area contributed by atoms with Crippen molar-refractivity contribution in [2.24, 2.45) is 5.41 Å². The molecule has 1 heterocycles. The van der Waals surface area contributed by atoms with Gasteiger partial charge in [0.1, 0.15) is 4.90 Å². The standard InChI is InChI=1S/C14H23N3O2S/c1-14(2)6-8-17(9-7-14)11-4-5-13(12(15)10-11)20(18,19)16-3/h4-5,10,16H,6-9,15H2,1-3H3. The maximum absolute atomic E-state index is 11.8. The van der Waals surface area contributed by atoms with Gasteiger partial charge in [0.05, 0.1) is 5.69 Å². The molecule has 0 amide bonds. The number of rotatable bonds is 3. The molecule has 5 nitrogen and oxygen atoms in total. The minimum Gasteiger partial charge on any atom is -0.398 e. The van der Waals surface area contributed by atoms with Gasteiger partial charge in [-0.05, 0) is 43.5 Å². The first-order valence-corrected chi connectivity index (χ1v) is 8.31. The van der Waals surface area contributed by atoms with E-state index in [0.717, 1.165) is 31.6 Å². The summed E-state index contributed by atoms with van der Waals surface area (Å²) in [6, 6.07) is 5.16. The van der Waals surface area contributed by atoms with Gasteiger partial charge in [-0.2, -0.15) is 0 Å². The van der Waals surface area contributed by atoms with E-state index in [9.17, 15) is 8.42 Å². The average Bonchev–Trinajstić information content (AvgIpc) is 2.38. The summed E-state index contributed by atoms with van der Waals surface area (Å²) < 4.78 is 25.9. The van der Waals surface area contributed by atoms with Gasteiger partial charge < -0.3 is 10.6 Å². The summed E-state index contributed by atoms with van der Waals surface area (Å²) in [6.07, 6.45) is 2.26. The molecule has 1 aromatic carbocycles. The second-order valence-electron chi connectivity index (χ2n) is 6.08. The van der Waals surface area contributed by atoms with Crippen LogP contribution in [0.3, 0.4) is 0 Å². The molecule has 0 bridgehead atoms. The van der Waals surface area contributed by atoms with Crippen LogP contribution in [-0.4, -0.2) is 28.6 Å². The third-order valence-corrected chi connectivity index (χ3v) is 5.52. The minimum absolute atomic E-state index is 0.140. The van der Waals surface area contributed by atoms with Crippen LogP contribution in [0.5, 0.6) is 0 Å². The molecular weight excluding hydrogens is 274 g/mol. The summed E-state index contributed by atoms with van der Waals surface area (Å²) in [5, 5.41) is 0. The van der Waals surface area contributed by atoms with Crippen molar-refractivity contribution < 1.29 is 8.42 Å². The van der Waals surface area contributed by atoms with Crippen LogP contribution in [0.4, 0.5) is 11.4 Å². The molecule has 0 aromatic heterocycles. The maximum Gasteiger partial charge on any atom is 0.242 e. The third kappa shape index (κ3) is 3.07. The van der Waals surface area contributed by atoms with Crippen molar-refractivity contribution in [3.05, 3.63) is 18.2 Å². The van der Waals surface area contributed by atoms with Gasteiger partial charge in [-0.15, -0.1) is 0 Å². The first kappa shape index (κ1) is 15.1. The van der Waals surface area contributed by atoms with Crippen molar-refractivity contribution >= 4 is 21.4 Å². The van der Waals surface area contributed by atoms with E-state index in [2.05, 4.69) is 23.5 Å². The van der Waals surface area contributed by atoms with Gasteiger partial charge in [-0.3, -0.25) is 0 Å². The molecule has 20 heavy (non-hydrogen) atoms. The molecule has 1 aliphatic rings. The van der Waals surface area contributed by atoms with Crippen LogP contribution in [-0.2, 0) is 10.0 Å². The van der Waals surface area contributed by atoms with Crippen LogP contribution < -0.4 is 15.4 Å². The predicted molar refractivity (Wildman–Crippen MR) is 82.3 cm³/mol. The first-order chi connectivity index (χ1) is 9.25. The predicted octanol–water partition coefficient (Wildman–Crippen LogP) is 1.80. The van der Waals surface area contributed by atoms with Crippen LogP contribution in [0.25, 0.3) is 0 Å². The smallest absolute Gasteiger partial charge is 0.242 e. The second-order valence-corrected chi connectivity index (χ2v) is 7.94. The Morgan fingerprint density at radius 3 is 2.35 bits per heavy atom. The summed E-state index contributed by atoms with van der Waals surface area (Å²) in [7, 11) is -2.10. The Hall–Kier alpha value is -1.27. The number of nitrogens with two attached hydrogens (primary N) is 1. The molecular formula is C14H23N3O2S. The SMILES string of the molecule is CNS(=O)(=O)c1ccc(N2CCC(C)(C)CC2)cc1N. The van der Waals surface area contributed by atoms with Gasteiger partial charge in [-0.1, -0.05) is 13.8 Å². The van der Waals surface area contributed by atoms with Crippen LogP contribution in [0, 0.1) is 5.41 Å². The number of nitrogens with zero attached hydrogens (tertiary/aromatic N) is 1. The highest BCUT2D eigenvalue weighted by molar-refractivity contribution is 7.89. The number of hydrogen-bond acceptors (Lipinski definition) is 4. The quantitative estimate of drug-likeness (QED) is 0.834. The largest absolute Gasteiger partial charge is 0.398 e. The third-order valence-electron chi connectivity index (χ3n) is 4.03. The van der Waals surface area contributed by atoms with E-state index in [1.165, 1.54) is 7.05 Å². The van der Waals surface area contributed by atoms with E-state index in [1.807, 2.05) is 6.07 Å². The number of nitrogens with one attached hydrogen (secondary N) is 1. The van der Waals surface area contributed by atoms with E-state index in [4.69, 9.17) is 5.73 Å². The molecule has 2 rings (SSSR count). The minimum atomic E-state index is -3.49. The zero-order valence-corrected chi connectivity index (χ0v) is 13.1. The second kappa shape index (κ2) is 5.26. The Labute approximate surface area is 121 Å². The molecule has 1 aliphatic heterocycles. The molecule has 0 saturated carbocycles. The van der Waals surface area contributed by atoms with Crippen molar-refractivity contribution in [1.29, 1.82) is 0 Å². The van der Waals surface area contributed by atoms with Crippen LogP contribution >= 0.6 is 0 Å². The van der Waals surface area contributed by atoms with Crippen LogP contribution in [0.15, 0.2) is 23.1 Å². The highest BCUT2D eigenvalue weighted by Gasteiger charge is 2.26. The van der Waals surface area contributed by atoms with Crippen molar-refractivity contribution in [3.8, 4) is 0 Å². The Kier molecular flexibility index (Phi) is 3.97. The molecule has 0 unspecified atom stereocenters. The Morgan fingerprint density at radius 1 is 1.25 bits per heavy atom. The number of benzene rings is 1. The summed E-state index contributed by atoms with van der Waals surface area (Å²) >= 11 is 0. The lowest BCUT2D eigenvalue weighted by atomic mass is 9.82. The van der Waals surface area contributed by atoms with Gasteiger partial charge in [0.15, 0.2) is 0 Å². The number of nitrogen functional groups attached to an aromatic ring is 1. The summed E-state index contributed by atoms with van der Waals surface area (Å²) in [5.41, 5.74) is 7.57. The van der Waals surface area contributed by atoms with Crippen LogP contribution in [0.1, 0.15) is 26.7 Å². The fourth-order valence-corrected chi connectivity index (χ4v) is 3.29. The normalized spacial score (nSPS) is 19.1. The monoisotopic (exact) mass is 297 g/mol. The zero-order chi connectivity index (χ0) is 15.0. The van der Waals surface area contributed by atoms with E-state index in [-0.39, 0.29) is 4.90 Å². The van der Waals surface area contributed by atoms with Crippen molar-refractivity contribution in [2.45, 2.75) is 31.6 Å². The topological polar surface area (TPSA) is 75.4 Å². The Bertz CT molecular complexity index is 586. The molecule has 1 fully saturated rings. The summed E-state index contributed by atoms with van der Waals surface area (Å²) in [5.74, 6) is 0. The first-order valence-electron chi connectivity index (χ1n) is 6.83. The van der Waals surface area contributed by atoms with Gasteiger partial charge >= 0.3 is 0 Å². The molecule has 0 spiro atoms. The number of sulfonamides is 1. The number of anilines is 2. The molecule has 3 N–H and O–H groups in total. The van der Waals surface area contributed by atoms with E-state index in [1.54, 1.807) is 12.1 Å². The lowest BCUT2D eigenvalue weighted by Crippen LogP contribution is -2.37. The van der Waals surface area contributed by atoms with Crippen molar-refractivity contribution in [2.75, 3.05) is 30.8 Å². The molecule has 1 aromatic rings. The number of piperidine rings is 1. The van der Waals surface area contributed by atoms with E-state index >= 15 is 0 Å². The fourth-order valence-electron chi connectivity index (χ4n) is 2.46. The molecule has 6 heteroatoms. The molecule has 0 aliphatic carbocycles. The molecule has 1 saturated heterocycles. The lowest BCUT2D eigenvalue weighted by Gasteiger charge is -2.38. The van der Waals surface area contributed by atoms with Crippen molar-refractivity contribution in [1.82, 2.24) is 4.72 Å². The average molecular weight is 297 g/mol. The van der Waals surface area contributed by atoms with E-state index in [0.29, 0.717) is 11.1 Å². The zero-order valence-electron chi connectivity index (χ0n) is 12.3. The highest BCUT2D eigenvalue weighted by Crippen LogP contribution is 2.33. The van der Waals surface area contributed by atoms with Gasteiger partial charge in [0.2, 0.25) is 10.0 Å². The molecule has 0 radical (unpaired) electrons. The maximum atomic E-state index is 11.8. The van der Waals surface area contributed by atoms with Gasteiger partial charge in [0, 0.05) is 18.8 Å². The van der Waals surface area contributed by atoms with E-state index < -0.39 is 10.0 Å². The molecule has 0 atom stereocenters. The molecule has 112 valence electrons. The van der Waals surface area contributed by atoms with Crippen LogP contribution in [0.2, 0.25) is 0 Å². The lowest BCUT2D eigenvalue weighted by molar-refractivity contribution is 0.280. The summed E-state index contributed by atoms with van der Waals surface area (Å²) in [4.78, 5) is 2.40. The van der Waals surface area contributed by atoms with Gasteiger partial charge in [0.25, 0.3) is 0 Å².